The average Bonchev–Trinajstić information content (AvgIpc) is 3.51. The number of carbonyl (C=O) groups excluding carboxylic acids is 1. The van der Waals surface area contributed by atoms with Crippen LogP contribution in [0, 0.1) is 6.92 Å². The first-order valence-corrected chi connectivity index (χ1v) is 16.3. The maximum Gasteiger partial charge on any atom is 0.226 e. The Morgan fingerprint density at radius 2 is 1.51 bits per heavy atom. The zero-order valence-electron chi connectivity index (χ0n) is 25.4. The van der Waals surface area contributed by atoms with Crippen molar-refractivity contribution in [2.24, 2.45) is 0 Å². The molecular formula is C38H44N4O. The summed E-state index contributed by atoms with van der Waals surface area (Å²) < 4.78 is 2.53. The van der Waals surface area contributed by atoms with E-state index in [1.807, 2.05) is 24.3 Å². The molecule has 4 heterocycles. The largest absolute Gasteiger partial charge is 0.342 e. The third-order valence-corrected chi connectivity index (χ3v) is 10.7. The van der Waals surface area contributed by atoms with E-state index in [-0.39, 0.29) is 11.3 Å². The van der Waals surface area contributed by atoms with Crippen LogP contribution in [0.2, 0.25) is 0 Å². The Labute approximate surface area is 256 Å². The van der Waals surface area contributed by atoms with Gasteiger partial charge in [0.2, 0.25) is 5.91 Å². The van der Waals surface area contributed by atoms with Gasteiger partial charge in [-0.1, -0.05) is 84.9 Å². The highest BCUT2D eigenvalue weighted by Gasteiger charge is 2.44. The molecule has 0 saturated carbocycles. The lowest BCUT2D eigenvalue weighted by atomic mass is 9.70. The summed E-state index contributed by atoms with van der Waals surface area (Å²) in [4.78, 5) is 23.0. The summed E-state index contributed by atoms with van der Waals surface area (Å²) >= 11 is 0. The second-order valence-corrected chi connectivity index (χ2v) is 13.1. The number of piperidine rings is 2. The van der Waals surface area contributed by atoms with Crippen molar-refractivity contribution in [1.82, 2.24) is 19.4 Å². The van der Waals surface area contributed by atoms with Crippen LogP contribution >= 0.6 is 0 Å². The highest BCUT2D eigenvalue weighted by atomic mass is 16.2. The zero-order chi connectivity index (χ0) is 29.2. The van der Waals surface area contributed by atoms with Gasteiger partial charge in [-0.2, -0.15) is 0 Å². The van der Waals surface area contributed by atoms with E-state index in [2.05, 4.69) is 94.1 Å². The molecule has 0 spiro atoms. The molecule has 5 nitrogen and oxygen atoms in total. The number of amides is 1. The first-order valence-electron chi connectivity index (χ1n) is 16.3. The molecule has 1 amide bonds. The standard InChI is InChI=1S/C38H44N4O/c1-29-39-35-16-8-9-17-36(35)42(29)34-27-32-19-20-33(28-34)41(32)26-23-38(31-14-6-3-7-15-31)21-24-40(25-22-38)37(43)18-10-13-30-11-4-2-5-12-30/h2-17,32-34H,18-28H2,1H3/b13-10+/t32-,33+,34+. The molecular weight excluding hydrogens is 528 g/mol. The van der Waals surface area contributed by atoms with E-state index in [1.165, 1.54) is 36.8 Å². The van der Waals surface area contributed by atoms with E-state index in [0.717, 1.165) is 55.8 Å². The number of para-hydroxylation sites is 2. The molecule has 2 bridgehead atoms. The van der Waals surface area contributed by atoms with E-state index < -0.39 is 0 Å². The van der Waals surface area contributed by atoms with Crippen molar-refractivity contribution in [3.8, 4) is 0 Å². The summed E-state index contributed by atoms with van der Waals surface area (Å²) in [7, 11) is 0. The molecule has 3 atom stereocenters. The number of likely N-dealkylation sites (tertiary alicyclic amines) is 1. The second kappa shape index (κ2) is 12.1. The van der Waals surface area contributed by atoms with E-state index in [4.69, 9.17) is 4.98 Å². The molecule has 0 radical (unpaired) electrons. The number of hydrogen-bond donors (Lipinski definition) is 0. The molecule has 3 aliphatic rings. The topological polar surface area (TPSA) is 41.4 Å². The van der Waals surface area contributed by atoms with Gasteiger partial charge in [0, 0.05) is 37.6 Å². The van der Waals surface area contributed by atoms with Gasteiger partial charge in [0.1, 0.15) is 5.82 Å². The quantitative estimate of drug-likeness (QED) is 0.219. The first-order chi connectivity index (χ1) is 21.1. The smallest absolute Gasteiger partial charge is 0.226 e. The monoisotopic (exact) mass is 572 g/mol. The molecule has 0 unspecified atom stereocenters. The van der Waals surface area contributed by atoms with Crippen molar-refractivity contribution in [3.63, 3.8) is 0 Å². The molecule has 4 aromatic rings. The van der Waals surface area contributed by atoms with Crippen LogP contribution < -0.4 is 0 Å². The number of benzene rings is 3. The minimum absolute atomic E-state index is 0.130. The van der Waals surface area contributed by atoms with Gasteiger partial charge in [-0.25, -0.2) is 4.98 Å². The van der Waals surface area contributed by atoms with Crippen LogP contribution in [0.1, 0.15) is 74.4 Å². The Morgan fingerprint density at radius 3 is 2.23 bits per heavy atom. The van der Waals surface area contributed by atoms with Crippen molar-refractivity contribution in [2.75, 3.05) is 19.6 Å². The molecule has 7 rings (SSSR count). The Balaban J connectivity index is 1.01. The summed E-state index contributed by atoms with van der Waals surface area (Å²) in [6.45, 7) is 5.01. The van der Waals surface area contributed by atoms with Crippen molar-refractivity contribution >= 4 is 23.0 Å². The third-order valence-electron chi connectivity index (χ3n) is 10.7. The summed E-state index contributed by atoms with van der Waals surface area (Å²) in [5, 5.41) is 0. The molecule has 3 fully saturated rings. The van der Waals surface area contributed by atoms with Gasteiger partial charge in [0.05, 0.1) is 11.0 Å². The summed E-state index contributed by atoms with van der Waals surface area (Å²) in [5.41, 5.74) is 5.14. The zero-order valence-corrected chi connectivity index (χ0v) is 25.4. The lowest BCUT2D eigenvalue weighted by molar-refractivity contribution is -0.132. The molecule has 3 aromatic carbocycles. The van der Waals surface area contributed by atoms with Crippen LogP contribution in [-0.4, -0.2) is 57.0 Å². The minimum Gasteiger partial charge on any atom is -0.342 e. The number of fused-ring (bicyclic) bond motifs is 3. The van der Waals surface area contributed by atoms with Crippen molar-refractivity contribution in [2.45, 2.75) is 81.8 Å². The summed E-state index contributed by atoms with van der Waals surface area (Å²) in [6, 6.07) is 31.9. The maximum atomic E-state index is 13.1. The van der Waals surface area contributed by atoms with Crippen LogP contribution in [0.5, 0.6) is 0 Å². The Morgan fingerprint density at radius 1 is 0.860 bits per heavy atom. The Bertz CT molecular complexity index is 1550. The normalized spacial score (nSPS) is 23.7. The number of rotatable bonds is 8. The highest BCUT2D eigenvalue weighted by molar-refractivity contribution is 5.79. The summed E-state index contributed by atoms with van der Waals surface area (Å²) in [5.74, 6) is 1.40. The van der Waals surface area contributed by atoms with E-state index in [1.54, 1.807) is 0 Å². The van der Waals surface area contributed by atoms with Crippen molar-refractivity contribution < 1.29 is 4.79 Å². The fourth-order valence-electron chi connectivity index (χ4n) is 8.44. The van der Waals surface area contributed by atoms with Crippen LogP contribution in [0.4, 0.5) is 0 Å². The number of aromatic nitrogens is 2. The Hall–Kier alpha value is -3.70. The predicted octanol–water partition coefficient (Wildman–Crippen LogP) is 7.57. The molecule has 222 valence electrons. The molecule has 1 aromatic heterocycles. The SMILES string of the molecule is Cc1nc2ccccc2n1[C@H]1C[C@H]2CC[C@@H](C1)N2CCC1(c2ccccc2)CCN(C(=O)C/C=C/c2ccccc2)CC1. The average molecular weight is 573 g/mol. The molecule has 5 heteroatoms. The van der Waals surface area contributed by atoms with Gasteiger partial charge in [-0.05, 0) is 87.1 Å². The fourth-order valence-corrected chi connectivity index (χ4v) is 8.44. The van der Waals surface area contributed by atoms with E-state index in [9.17, 15) is 4.79 Å². The molecule has 0 N–H and O–H groups in total. The van der Waals surface area contributed by atoms with E-state index >= 15 is 0 Å². The van der Waals surface area contributed by atoms with Crippen molar-refractivity contribution in [1.29, 1.82) is 0 Å². The minimum atomic E-state index is 0.130. The van der Waals surface area contributed by atoms with Gasteiger partial charge >= 0.3 is 0 Å². The maximum absolute atomic E-state index is 13.1. The predicted molar refractivity (Wildman–Crippen MR) is 175 cm³/mol. The second-order valence-electron chi connectivity index (χ2n) is 13.1. The lowest BCUT2D eigenvalue weighted by Gasteiger charge is -2.45. The first kappa shape index (κ1) is 28.1. The number of nitrogens with zero attached hydrogens (tertiary/aromatic N) is 4. The highest BCUT2D eigenvalue weighted by Crippen LogP contribution is 2.45. The van der Waals surface area contributed by atoms with Gasteiger partial charge in [-0.15, -0.1) is 0 Å². The number of carbonyl (C=O) groups is 1. The van der Waals surface area contributed by atoms with Crippen LogP contribution in [0.25, 0.3) is 17.1 Å². The number of aryl methyl sites for hydroxylation is 1. The summed E-state index contributed by atoms with van der Waals surface area (Å²) in [6.07, 6.45) is 12.8. The van der Waals surface area contributed by atoms with Gasteiger partial charge < -0.3 is 9.47 Å². The lowest BCUT2D eigenvalue weighted by Crippen LogP contribution is -2.49. The molecule has 0 aliphatic carbocycles. The Kier molecular flexibility index (Phi) is 7.92. The third kappa shape index (κ3) is 5.68. The molecule has 3 saturated heterocycles. The molecule has 43 heavy (non-hydrogen) atoms. The van der Waals surface area contributed by atoms with Gasteiger partial charge in [-0.3, -0.25) is 9.69 Å². The van der Waals surface area contributed by atoms with E-state index in [0.29, 0.717) is 24.5 Å². The molecule has 3 aliphatic heterocycles. The van der Waals surface area contributed by atoms with Crippen molar-refractivity contribution in [3.05, 3.63) is 108 Å². The number of imidazole rings is 1. The fraction of sp³-hybridized carbons (Fsp3) is 0.421. The van der Waals surface area contributed by atoms with Gasteiger partial charge in [0.15, 0.2) is 0 Å². The number of hydrogen-bond acceptors (Lipinski definition) is 3. The van der Waals surface area contributed by atoms with Crippen LogP contribution in [0.3, 0.4) is 0 Å². The van der Waals surface area contributed by atoms with Crippen LogP contribution in [0.15, 0.2) is 91.0 Å². The van der Waals surface area contributed by atoms with Crippen LogP contribution in [-0.2, 0) is 10.2 Å². The van der Waals surface area contributed by atoms with Gasteiger partial charge in [0.25, 0.3) is 0 Å².